The van der Waals surface area contributed by atoms with Crippen LogP contribution in [-0.4, -0.2) is 5.91 Å². The van der Waals surface area contributed by atoms with E-state index in [9.17, 15) is 4.79 Å². The topological polar surface area (TPSA) is 43.1 Å². The molecule has 0 heterocycles. The van der Waals surface area contributed by atoms with E-state index in [1.54, 1.807) is 12.1 Å². The minimum Gasteiger partial charge on any atom is -0.366 e. The van der Waals surface area contributed by atoms with E-state index in [-0.39, 0.29) is 5.91 Å². The minimum atomic E-state index is -0.375. The Morgan fingerprint density at radius 2 is 1.59 bits per heavy atom. The van der Waals surface area contributed by atoms with Crippen molar-refractivity contribution >= 4 is 17.5 Å². The lowest BCUT2D eigenvalue weighted by Crippen LogP contribution is -2.10. The smallest absolute Gasteiger partial charge is 0.248 e. The SMILES string of the molecule is CC.Cc1ccc(C(N)=O)cc1.Clc1ccc2c(c1)CCC2. The summed E-state index contributed by atoms with van der Waals surface area (Å²) in [6.07, 6.45) is 3.76. The fourth-order valence-corrected chi connectivity index (χ4v) is 2.45. The van der Waals surface area contributed by atoms with Crippen LogP contribution in [-0.2, 0) is 12.8 Å². The number of amides is 1. The Balaban J connectivity index is 0.000000198. The summed E-state index contributed by atoms with van der Waals surface area (Å²) in [5.41, 5.74) is 9.66. The predicted molar refractivity (Wildman–Crippen MR) is 94.5 cm³/mol. The van der Waals surface area contributed by atoms with Gasteiger partial charge in [0.25, 0.3) is 0 Å². The molecule has 0 saturated carbocycles. The monoisotopic (exact) mass is 317 g/mol. The van der Waals surface area contributed by atoms with Gasteiger partial charge in [0.05, 0.1) is 0 Å². The van der Waals surface area contributed by atoms with E-state index in [1.165, 1.54) is 30.4 Å². The zero-order valence-corrected chi connectivity index (χ0v) is 14.3. The van der Waals surface area contributed by atoms with Gasteiger partial charge in [0, 0.05) is 10.6 Å². The van der Waals surface area contributed by atoms with Gasteiger partial charge in [-0.25, -0.2) is 0 Å². The van der Waals surface area contributed by atoms with E-state index in [0.29, 0.717) is 5.56 Å². The number of hydrogen-bond acceptors (Lipinski definition) is 1. The van der Waals surface area contributed by atoms with Crippen LogP contribution in [0.4, 0.5) is 0 Å². The first kappa shape index (κ1) is 18.2. The molecule has 2 aromatic carbocycles. The van der Waals surface area contributed by atoms with Crippen molar-refractivity contribution in [3.63, 3.8) is 0 Å². The molecule has 0 unspecified atom stereocenters. The zero-order valence-electron chi connectivity index (χ0n) is 13.5. The minimum absolute atomic E-state index is 0.375. The number of primary amides is 1. The number of carbonyl (C=O) groups is 1. The number of halogens is 1. The second kappa shape index (κ2) is 9.26. The number of nitrogens with two attached hydrogens (primary N) is 1. The van der Waals surface area contributed by atoms with Gasteiger partial charge in [0.1, 0.15) is 0 Å². The summed E-state index contributed by atoms with van der Waals surface area (Å²) in [5, 5.41) is 0.876. The predicted octanol–water partition coefficient (Wildman–Crippen LogP) is 4.95. The Morgan fingerprint density at radius 3 is 2.18 bits per heavy atom. The molecule has 3 rings (SSSR count). The third-order valence-corrected chi connectivity index (χ3v) is 3.63. The van der Waals surface area contributed by atoms with Crippen LogP contribution >= 0.6 is 11.6 Å². The lowest BCUT2D eigenvalue weighted by Gasteiger charge is -1.96. The maximum atomic E-state index is 10.5. The number of aryl methyl sites for hydroxylation is 3. The first-order valence-corrected chi connectivity index (χ1v) is 8.08. The molecule has 3 heteroatoms. The Kier molecular flexibility index (Phi) is 7.69. The maximum Gasteiger partial charge on any atom is 0.248 e. The molecule has 0 spiro atoms. The number of fused-ring (bicyclic) bond motifs is 1. The summed E-state index contributed by atoms with van der Waals surface area (Å²) in [6.45, 7) is 5.96. The van der Waals surface area contributed by atoms with Gasteiger partial charge in [-0.2, -0.15) is 0 Å². The molecular weight excluding hydrogens is 294 g/mol. The maximum absolute atomic E-state index is 10.5. The Bertz CT molecular complexity index is 605. The highest BCUT2D eigenvalue weighted by atomic mass is 35.5. The lowest BCUT2D eigenvalue weighted by molar-refractivity contribution is 0.100. The first-order valence-electron chi connectivity index (χ1n) is 7.70. The van der Waals surface area contributed by atoms with Crippen LogP contribution in [0.25, 0.3) is 0 Å². The number of rotatable bonds is 1. The van der Waals surface area contributed by atoms with Gasteiger partial charge < -0.3 is 5.73 Å². The van der Waals surface area contributed by atoms with Crippen LogP contribution in [0.15, 0.2) is 42.5 Å². The highest BCUT2D eigenvalue weighted by Crippen LogP contribution is 2.24. The average molecular weight is 318 g/mol. The molecular formula is C19H24ClNO. The van der Waals surface area contributed by atoms with Crippen LogP contribution < -0.4 is 5.73 Å². The van der Waals surface area contributed by atoms with Crippen molar-refractivity contribution in [2.24, 2.45) is 5.73 Å². The lowest BCUT2D eigenvalue weighted by atomic mass is 10.1. The molecule has 0 bridgehead atoms. The van der Waals surface area contributed by atoms with Gasteiger partial charge >= 0.3 is 0 Å². The van der Waals surface area contributed by atoms with E-state index in [4.69, 9.17) is 17.3 Å². The quantitative estimate of drug-likeness (QED) is 0.794. The van der Waals surface area contributed by atoms with Gasteiger partial charge in [-0.3, -0.25) is 4.79 Å². The summed E-state index contributed by atoms with van der Waals surface area (Å²) in [4.78, 5) is 10.5. The Hall–Kier alpha value is -1.80. The summed E-state index contributed by atoms with van der Waals surface area (Å²) in [6, 6.07) is 13.4. The summed E-state index contributed by atoms with van der Waals surface area (Å²) >= 11 is 5.82. The molecule has 1 amide bonds. The van der Waals surface area contributed by atoms with Crippen molar-refractivity contribution in [3.8, 4) is 0 Å². The molecule has 2 aromatic rings. The molecule has 0 aliphatic heterocycles. The van der Waals surface area contributed by atoms with E-state index >= 15 is 0 Å². The third kappa shape index (κ3) is 5.53. The van der Waals surface area contributed by atoms with Crippen molar-refractivity contribution in [3.05, 3.63) is 69.7 Å². The van der Waals surface area contributed by atoms with Crippen LogP contribution in [0.5, 0.6) is 0 Å². The first-order chi connectivity index (χ1) is 10.6. The summed E-state index contributed by atoms with van der Waals surface area (Å²) in [7, 11) is 0. The van der Waals surface area contributed by atoms with Gasteiger partial charge in [-0.05, 0) is 61.6 Å². The second-order valence-corrected chi connectivity index (χ2v) is 5.43. The molecule has 2 N–H and O–H groups in total. The van der Waals surface area contributed by atoms with Gasteiger partial charge in [0.15, 0.2) is 0 Å². The molecule has 0 saturated heterocycles. The second-order valence-electron chi connectivity index (χ2n) is 5.00. The zero-order chi connectivity index (χ0) is 16.5. The van der Waals surface area contributed by atoms with Crippen LogP contribution in [0.3, 0.4) is 0 Å². The largest absolute Gasteiger partial charge is 0.366 e. The van der Waals surface area contributed by atoms with Gasteiger partial charge in [-0.15, -0.1) is 0 Å². The highest BCUT2D eigenvalue weighted by molar-refractivity contribution is 6.30. The van der Waals surface area contributed by atoms with Crippen molar-refractivity contribution in [1.82, 2.24) is 0 Å². The molecule has 0 aromatic heterocycles. The Morgan fingerprint density at radius 1 is 1.00 bits per heavy atom. The number of hydrogen-bond donors (Lipinski definition) is 1. The van der Waals surface area contributed by atoms with E-state index in [1.807, 2.05) is 39.0 Å². The van der Waals surface area contributed by atoms with Crippen molar-refractivity contribution in [1.29, 1.82) is 0 Å². The molecule has 0 atom stereocenters. The van der Waals surface area contributed by atoms with Gasteiger partial charge in [0.2, 0.25) is 5.91 Å². The highest BCUT2D eigenvalue weighted by Gasteiger charge is 2.09. The number of carbonyl (C=O) groups excluding carboxylic acids is 1. The molecule has 118 valence electrons. The van der Waals surface area contributed by atoms with E-state index < -0.39 is 0 Å². The van der Waals surface area contributed by atoms with Crippen molar-refractivity contribution < 1.29 is 4.79 Å². The van der Waals surface area contributed by atoms with Crippen molar-refractivity contribution in [2.45, 2.75) is 40.0 Å². The fraction of sp³-hybridized carbons (Fsp3) is 0.316. The van der Waals surface area contributed by atoms with Crippen LogP contribution in [0.1, 0.15) is 47.3 Å². The van der Waals surface area contributed by atoms with Crippen molar-refractivity contribution in [2.75, 3.05) is 0 Å². The molecule has 0 radical (unpaired) electrons. The average Bonchev–Trinajstić information content (AvgIpc) is 2.98. The standard InChI is InChI=1S/C9H9Cl.C8H9NO.C2H6/c10-9-5-4-7-2-1-3-8(7)6-9;1-6-2-4-7(5-3-6)8(9)10;1-2/h4-6H,1-3H2;2-5H,1H3,(H2,9,10);1-2H3. The summed E-state index contributed by atoms with van der Waals surface area (Å²) in [5.74, 6) is -0.375. The molecule has 1 aliphatic carbocycles. The van der Waals surface area contributed by atoms with E-state index in [0.717, 1.165) is 10.6 Å². The normalized spacial score (nSPS) is 11.5. The van der Waals surface area contributed by atoms with Gasteiger partial charge in [-0.1, -0.05) is 49.2 Å². The molecule has 0 fully saturated rings. The molecule has 22 heavy (non-hydrogen) atoms. The fourth-order valence-electron chi connectivity index (χ4n) is 2.26. The number of benzene rings is 2. The van der Waals surface area contributed by atoms with Crippen LogP contribution in [0, 0.1) is 6.92 Å². The third-order valence-electron chi connectivity index (χ3n) is 3.40. The summed E-state index contributed by atoms with van der Waals surface area (Å²) < 4.78 is 0. The molecule has 2 nitrogen and oxygen atoms in total. The van der Waals surface area contributed by atoms with E-state index in [2.05, 4.69) is 12.1 Å². The van der Waals surface area contributed by atoms with Crippen LogP contribution in [0.2, 0.25) is 5.02 Å². The Labute approximate surface area is 138 Å². The molecule has 1 aliphatic rings.